The van der Waals surface area contributed by atoms with Gasteiger partial charge in [-0.2, -0.15) is 0 Å². The normalized spacial score (nSPS) is 20.7. The van der Waals surface area contributed by atoms with Gasteiger partial charge in [0.05, 0.1) is 5.41 Å². The highest BCUT2D eigenvalue weighted by molar-refractivity contribution is 6.05. The Bertz CT molecular complexity index is 433. The van der Waals surface area contributed by atoms with Crippen molar-refractivity contribution in [2.45, 2.75) is 58.9 Å². The van der Waals surface area contributed by atoms with Crippen LogP contribution in [-0.4, -0.2) is 46.4 Å². The minimum Gasteiger partial charge on any atom is -0.480 e. The van der Waals surface area contributed by atoms with Crippen LogP contribution in [0.2, 0.25) is 0 Å². The first kappa shape index (κ1) is 17.6. The largest absolute Gasteiger partial charge is 0.480 e. The maximum atomic E-state index is 12.1. The zero-order valence-electron chi connectivity index (χ0n) is 13.4. The number of hydrogen-bond donors (Lipinski definition) is 2. The van der Waals surface area contributed by atoms with Gasteiger partial charge in [-0.05, 0) is 32.7 Å². The predicted octanol–water partition coefficient (Wildman–Crippen LogP) is 1.39. The molecule has 1 atom stereocenters. The molecular formula is C15H26N2O4. The quantitative estimate of drug-likeness (QED) is 0.661. The number of carbonyl (C=O) groups is 3. The van der Waals surface area contributed by atoms with Crippen LogP contribution in [0.15, 0.2) is 0 Å². The molecule has 6 nitrogen and oxygen atoms in total. The second-order valence-corrected chi connectivity index (χ2v) is 6.58. The highest BCUT2D eigenvalue weighted by Gasteiger charge is 2.44. The van der Waals surface area contributed by atoms with Gasteiger partial charge in [-0.25, -0.2) is 0 Å². The third-order valence-corrected chi connectivity index (χ3v) is 4.01. The molecule has 2 N–H and O–H groups in total. The molecule has 0 spiro atoms. The van der Waals surface area contributed by atoms with Crippen molar-refractivity contribution in [1.29, 1.82) is 0 Å². The van der Waals surface area contributed by atoms with E-state index in [1.807, 2.05) is 6.92 Å². The van der Waals surface area contributed by atoms with Crippen LogP contribution >= 0.6 is 0 Å². The van der Waals surface area contributed by atoms with Crippen LogP contribution in [0.25, 0.3) is 0 Å². The first-order valence-electron chi connectivity index (χ1n) is 7.47. The van der Waals surface area contributed by atoms with Crippen molar-refractivity contribution in [3.05, 3.63) is 0 Å². The molecule has 0 aromatic carbocycles. The van der Waals surface area contributed by atoms with Gasteiger partial charge in [-0.1, -0.05) is 20.8 Å². The summed E-state index contributed by atoms with van der Waals surface area (Å²) in [6.45, 7) is 8.05. The number of imide groups is 1. The van der Waals surface area contributed by atoms with Crippen LogP contribution < -0.4 is 5.32 Å². The van der Waals surface area contributed by atoms with E-state index < -0.39 is 16.9 Å². The molecule has 1 aliphatic rings. The molecule has 1 heterocycles. The third kappa shape index (κ3) is 4.03. The van der Waals surface area contributed by atoms with Gasteiger partial charge in [0.1, 0.15) is 5.54 Å². The maximum Gasteiger partial charge on any atom is 0.323 e. The van der Waals surface area contributed by atoms with E-state index in [0.717, 1.165) is 6.42 Å². The average Bonchev–Trinajstić information content (AvgIpc) is 2.58. The van der Waals surface area contributed by atoms with E-state index in [1.54, 1.807) is 20.8 Å². The zero-order chi connectivity index (χ0) is 16.3. The number of carboxylic acid groups (broad SMARTS) is 1. The van der Waals surface area contributed by atoms with Crippen molar-refractivity contribution in [3.8, 4) is 0 Å². The van der Waals surface area contributed by atoms with Crippen molar-refractivity contribution in [1.82, 2.24) is 10.2 Å². The second kappa shape index (κ2) is 6.56. The smallest absolute Gasteiger partial charge is 0.323 e. The molecule has 1 rings (SSSR count). The van der Waals surface area contributed by atoms with E-state index in [-0.39, 0.29) is 24.8 Å². The average molecular weight is 298 g/mol. The fourth-order valence-corrected chi connectivity index (χ4v) is 2.52. The fourth-order valence-electron chi connectivity index (χ4n) is 2.52. The number of amides is 2. The Labute approximate surface area is 125 Å². The van der Waals surface area contributed by atoms with Crippen LogP contribution in [0.1, 0.15) is 53.4 Å². The van der Waals surface area contributed by atoms with Crippen molar-refractivity contribution in [2.24, 2.45) is 5.41 Å². The first-order valence-corrected chi connectivity index (χ1v) is 7.47. The van der Waals surface area contributed by atoms with E-state index in [9.17, 15) is 19.5 Å². The number of aliphatic carboxylic acids is 1. The topological polar surface area (TPSA) is 86.7 Å². The summed E-state index contributed by atoms with van der Waals surface area (Å²) in [5.41, 5.74) is -1.65. The van der Waals surface area contributed by atoms with Gasteiger partial charge in [0.15, 0.2) is 0 Å². The highest BCUT2D eigenvalue weighted by Crippen LogP contribution is 2.31. The van der Waals surface area contributed by atoms with Crippen molar-refractivity contribution in [3.63, 3.8) is 0 Å². The molecule has 1 saturated heterocycles. The van der Waals surface area contributed by atoms with E-state index in [2.05, 4.69) is 5.32 Å². The fraction of sp³-hybridized carbons (Fsp3) is 0.800. The molecule has 21 heavy (non-hydrogen) atoms. The molecule has 0 aliphatic carbocycles. The summed E-state index contributed by atoms with van der Waals surface area (Å²) in [7, 11) is 0. The van der Waals surface area contributed by atoms with Crippen LogP contribution in [0.3, 0.4) is 0 Å². The lowest BCUT2D eigenvalue weighted by molar-refractivity contribution is -0.144. The molecule has 1 unspecified atom stereocenters. The lowest BCUT2D eigenvalue weighted by atomic mass is 9.92. The maximum absolute atomic E-state index is 12.1. The summed E-state index contributed by atoms with van der Waals surface area (Å²) in [6.07, 6.45) is 1.93. The van der Waals surface area contributed by atoms with Crippen LogP contribution in [0.5, 0.6) is 0 Å². The summed E-state index contributed by atoms with van der Waals surface area (Å²) < 4.78 is 0. The van der Waals surface area contributed by atoms with E-state index in [0.29, 0.717) is 19.4 Å². The molecule has 0 saturated carbocycles. The predicted molar refractivity (Wildman–Crippen MR) is 78.7 cm³/mol. The number of carbonyl (C=O) groups excluding carboxylic acids is 2. The second-order valence-electron chi connectivity index (χ2n) is 6.58. The number of likely N-dealkylation sites (tertiary alicyclic amines) is 1. The molecule has 2 amide bonds. The number of nitrogens with one attached hydrogen (secondary N) is 1. The van der Waals surface area contributed by atoms with Crippen LogP contribution in [-0.2, 0) is 14.4 Å². The molecule has 0 aromatic heterocycles. The Morgan fingerprint density at radius 2 is 2.05 bits per heavy atom. The van der Waals surface area contributed by atoms with Gasteiger partial charge in [-0.3, -0.25) is 19.3 Å². The Balaban J connectivity index is 2.57. The third-order valence-electron chi connectivity index (χ3n) is 4.01. The molecule has 1 fully saturated rings. The van der Waals surface area contributed by atoms with E-state index >= 15 is 0 Å². The van der Waals surface area contributed by atoms with Gasteiger partial charge >= 0.3 is 5.97 Å². The molecule has 6 heteroatoms. The van der Waals surface area contributed by atoms with Crippen LogP contribution in [0, 0.1) is 5.41 Å². The zero-order valence-corrected chi connectivity index (χ0v) is 13.4. The summed E-state index contributed by atoms with van der Waals surface area (Å²) in [5.74, 6) is -1.23. The molecule has 120 valence electrons. The highest BCUT2D eigenvalue weighted by atomic mass is 16.4. The Hall–Kier alpha value is -1.43. The number of carboxylic acids is 1. The molecular weight excluding hydrogens is 272 g/mol. The Kier molecular flexibility index (Phi) is 5.50. The first-order chi connectivity index (χ1) is 9.64. The molecule has 0 radical (unpaired) electrons. The Morgan fingerprint density at radius 3 is 2.48 bits per heavy atom. The lowest BCUT2D eigenvalue weighted by Crippen LogP contribution is -2.50. The van der Waals surface area contributed by atoms with E-state index in [4.69, 9.17) is 0 Å². The standard InChI is InChI=1S/C15H26N2O4/c1-5-8-16-15(4,13(20)21)7-6-9-17-11(18)10-14(2,3)12(17)19/h16H,5-10H2,1-4H3,(H,20,21). The van der Waals surface area contributed by atoms with E-state index in [1.165, 1.54) is 4.90 Å². The van der Waals surface area contributed by atoms with Crippen LogP contribution in [0.4, 0.5) is 0 Å². The minimum atomic E-state index is -1.02. The van der Waals surface area contributed by atoms with Gasteiger partial charge in [0.2, 0.25) is 11.8 Å². The molecule has 0 bridgehead atoms. The van der Waals surface area contributed by atoms with Crippen molar-refractivity contribution < 1.29 is 19.5 Å². The number of hydrogen-bond acceptors (Lipinski definition) is 4. The van der Waals surface area contributed by atoms with Gasteiger partial charge in [0, 0.05) is 13.0 Å². The minimum absolute atomic E-state index is 0.161. The summed E-state index contributed by atoms with van der Waals surface area (Å²) >= 11 is 0. The SMILES string of the molecule is CCCNC(C)(CCCN1C(=O)CC(C)(C)C1=O)C(=O)O. The van der Waals surface area contributed by atoms with Crippen molar-refractivity contribution in [2.75, 3.05) is 13.1 Å². The molecule has 1 aliphatic heterocycles. The summed E-state index contributed by atoms with van der Waals surface area (Å²) in [4.78, 5) is 36.5. The summed E-state index contributed by atoms with van der Waals surface area (Å²) in [5, 5.41) is 12.3. The van der Waals surface area contributed by atoms with Gasteiger partial charge in [0.25, 0.3) is 0 Å². The summed E-state index contributed by atoms with van der Waals surface area (Å²) in [6, 6.07) is 0. The number of rotatable bonds is 8. The van der Waals surface area contributed by atoms with Gasteiger partial charge in [-0.15, -0.1) is 0 Å². The lowest BCUT2D eigenvalue weighted by Gasteiger charge is -2.27. The van der Waals surface area contributed by atoms with Gasteiger partial charge < -0.3 is 10.4 Å². The number of nitrogens with zero attached hydrogens (tertiary/aromatic N) is 1. The van der Waals surface area contributed by atoms with Crippen molar-refractivity contribution >= 4 is 17.8 Å². The molecule has 0 aromatic rings. The Morgan fingerprint density at radius 1 is 1.43 bits per heavy atom. The monoisotopic (exact) mass is 298 g/mol.